The van der Waals surface area contributed by atoms with Crippen LogP contribution in [0.3, 0.4) is 0 Å². The van der Waals surface area contributed by atoms with Gasteiger partial charge in [-0.05, 0) is 61.4 Å². The summed E-state index contributed by atoms with van der Waals surface area (Å²) in [5.41, 5.74) is 2.74. The highest BCUT2D eigenvalue weighted by Crippen LogP contribution is 2.23. The number of ether oxygens (including phenoxy) is 2. The van der Waals surface area contributed by atoms with Crippen molar-refractivity contribution in [2.45, 2.75) is 26.9 Å². The summed E-state index contributed by atoms with van der Waals surface area (Å²) in [6.45, 7) is 6.38. The normalized spacial score (nSPS) is 16.0. The van der Waals surface area contributed by atoms with Crippen molar-refractivity contribution in [1.82, 2.24) is 4.90 Å². The van der Waals surface area contributed by atoms with Crippen LogP contribution in [0.15, 0.2) is 42.5 Å². The first-order valence-electron chi connectivity index (χ1n) is 10.6. The van der Waals surface area contributed by atoms with Crippen molar-refractivity contribution in [3.05, 3.63) is 64.2 Å². The Morgan fingerprint density at radius 2 is 2.00 bits per heavy atom. The SMILES string of the molecule is CC(=O)Nc1cc(Cl)ccc1C=CC(=O)N1CCOC(COc2ccc(C(C)=O)c(C)c2)C1. The van der Waals surface area contributed by atoms with E-state index in [0.717, 1.165) is 5.56 Å². The van der Waals surface area contributed by atoms with E-state index >= 15 is 0 Å². The number of nitrogens with zero attached hydrogens (tertiary/aromatic N) is 1. The van der Waals surface area contributed by atoms with Crippen LogP contribution in [0.1, 0.15) is 35.3 Å². The first-order valence-corrected chi connectivity index (χ1v) is 11.0. The third-order valence-corrected chi connectivity index (χ3v) is 5.43. The maximum atomic E-state index is 12.7. The molecule has 0 spiro atoms. The Kier molecular flexibility index (Phi) is 8.25. The molecule has 0 bridgehead atoms. The van der Waals surface area contributed by atoms with Crippen LogP contribution in [-0.4, -0.2) is 54.9 Å². The van der Waals surface area contributed by atoms with Crippen molar-refractivity contribution in [3.8, 4) is 5.75 Å². The number of carbonyl (C=O) groups excluding carboxylic acids is 3. The van der Waals surface area contributed by atoms with Crippen LogP contribution in [0.4, 0.5) is 5.69 Å². The van der Waals surface area contributed by atoms with E-state index in [0.29, 0.717) is 47.3 Å². The third-order valence-electron chi connectivity index (χ3n) is 5.20. The predicted octanol–water partition coefficient (Wildman–Crippen LogP) is 4.13. The number of aryl methyl sites for hydroxylation is 1. The Morgan fingerprint density at radius 1 is 1.21 bits per heavy atom. The third kappa shape index (κ3) is 6.91. The van der Waals surface area contributed by atoms with Gasteiger partial charge in [-0.15, -0.1) is 0 Å². The molecule has 3 rings (SSSR count). The number of hydrogen-bond acceptors (Lipinski definition) is 5. The standard InChI is InChI=1S/C25H27ClN2O5/c1-16-12-21(7-8-23(16)17(2)29)33-15-22-14-28(10-11-32-22)25(31)9-5-19-4-6-20(26)13-24(19)27-18(3)30/h4-9,12-13,22H,10-11,14-15H2,1-3H3,(H,27,30). The molecular weight excluding hydrogens is 444 g/mol. The number of nitrogens with one attached hydrogen (secondary N) is 1. The smallest absolute Gasteiger partial charge is 0.246 e. The van der Waals surface area contributed by atoms with Gasteiger partial charge < -0.3 is 19.7 Å². The molecule has 1 unspecified atom stereocenters. The van der Waals surface area contributed by atoms with Crippen molar-refractivity contribution in [1.29, 1.82) is 0 Å². The van der Waals surface area contributed by atoms with Crippen molar-refractivity contribution >= 4 is 41.0 Å². The summed E-state index contributed by atoms with van der Waals surface area (Å²) >= 11 is 6.01. The van der Waals surface area contributed by atoms with Gasteiger partial charge in [0.05, 0.1) is 13.2 Å². The van der Waals surface area contributed by atoms with E-state index in [-0.39, 0.29) is 30.3 Å². The number of carbonyl (C=O) groups is 3. The number of benzene rings is 2. The van der Waals surface area contributed by atoms with Crippen LogP contribution >= 0.6 is 11.6 Å². The molecule has 0 aromatic heterocycles. The molecule has 1 heterocycles. The summed E-state index contributed by atoms with van der Waals surface area (Å²) in [5.74, 6) is 0.284. The maximum absolute atomic E-state index is 12.7. The van der Waals surface area contributed by atoms with Crippen LogP contribution in [0, 0.1) is 6.92 Å². The summed E-state index contributed by atoms with van der Waals surface area (Å²) in [6, 6.07) is 10.4. The lowest BCUT2D eigenvalue weighted by molar-refractivity contribution is -0.134. The minimum absolute atomic E-state index is 0.0136. The molecule has 0 aliphatic carbocycles. The first-order chi connectivity index (χ1) is 15.7. The summed E-state index contributed by atoms with van der Waals surface area (Å²) < 4.78 is 11.6. The highest BCUT2D eigenvalue weighted by molar-refractivity contribution is 6.31. The van der Waals surface area contributed by atoms with Crippen LogP contribution < -0.4 is 10.1 Å². The Labute approximate surface area is 198 Å². The van der Waals surface area contributed by atoms with E-state index in [2.05, 4.69) is 5.32 Å². The van der Waals surface area contributed by atoms with Crippen molar-refractivity contribution < 1.29 is 23.9 Å². The van der Waals surface area contributed by atoms with Crippen molar-refractivity contribution in [3.63, 3.8) is 0 Å². The molecule has 2 aromatic rings. The summed E-state index contributed by atoms with van der Waals surface area (Å²) in [6.07, 6.45) is 2.86. The molecule has 0 saturated carbocycles. The minimum atomic E-state index is -0.269. The topological polar surface area (TPSA) is 84.9 Å². The van der Waals surface area contributed by atoms with E-state index in [1.165, 1.54) is 19.9 Å². The van der Waals surface area contributed by atoms with Gasteiger partial charge in [0, 0.05) is 35.8 Å². The molecule has 2 aromatic carbocycles. The number of halogens is 1. The number of morpholine rings is 1. The average molecular weight is 471 g/mol. The molecule has 1 aliphatic heterocycles. The minimum Gasteiger partial charge on any atom is -0.491 e. The first kappa shape index (κ1) is 24.5. The Bertz CT molecular complexity index is 1080. The van der Waals surface area contributed by atoms with Gasteiger partial charge >= 0.3 is 0 Å². The van der Waals surface area contributed by atoms with Gasteiger partial charge in [-0.3, -0.25) is 14.4 Å². The van der Waals surface area contributed by atoms with Crippen LogP contribution in [0.25, 0.3) is 6.08 Å². The predicted molar refractivity (Wildman–Crippen MR) is 128 cm³/mol. The Hall–Kier alpha value is -3.16. The molecule has 2 amide bonds. The molecule has 1 N–H and O–H groups in total. The molecule has 1 atom stereocenters. The van der Waals surface area contributed by atoms with Gasteiger partial charge in [-0.25, -0.2) is 0 Å². The van der Waals surface area contributed by atoms with Gasteiger partial charge in [0.25, 0.3) is 0 Å². The summed E-state index contributed by atoms with van der Waals surface area (Å²) in [4.78, 5) is 37.4. The number of ketones is 1. The summed E-state index contributed by atoms with van der Waals surface area (Å²) in [7, 11) is 0. The molecule has 0 radical (unpaired) electrons. The average Bonchev–Trinajstić information content (AvgIpc) is 2.76. The molecular formula is C25H27ClN2O5. The second-order valence-corrected chi connectivity index (χ2v) is 8.30. The molecule has 33 heavy (non-hydrogen) atoms. The lowest BCUT2D eigenvalue weighted by atomic mass is 10.1. The van der Waals surface area contributed by atoms with Gasteiger partial charge in [-0.1, -0.05) is 17.7 Å². The quantitative estimate of drug-likeness (QED) is 0.486. The lowest BCUT2D eigenvalue weighted by Gasteiger charge is -2.32. The zero-order valence-corrected chi connectivity index (χ0v) is 19.6. The fraction of sp³-hybridized carbons (Fsp3) is 0.320. The lowest BCUT2D eigenvalue weighted by Crippen LogP contribution is -2.47. The highest BCUT2D eigenvalue weighted by atomic mass is 35.5. The van der Waals surface area contributed by atoms with Gasteiger partial charge in [0.1, 0.15) is 18.5 Å². The monoisotopic (exact) mass is 470 g/mol. The second kappa shape index (κ2) is 11.1. The van der Waals surface area contributed by atoms with E-state index in [4.69, 9.17) is 21.1 Å². The van der Waals surface area contributed by atoms with Crippen LogP contribution in [0.2, 0.25) is 5.02 Å². The van der Waals surface area contributed by atoms with Gasteiger partial charge in [0.15, 0.2) is 5.78 Å². The zero-order valence-electron chi connectivity index (χ0n) is 18.9. The van der Waals surface area contributed by atoms with E-state index in [1.807, 2.05) is 13.0 Å². The number of hydrogen-bond donors (Lipinski definition) is 1. The summed E-state index contributed by atoms with van der Waals surface area (Å²) in [5, 5.41) is 3.21. The molecule has 1 saturated heterocycles. The molecule has 174 valence electrons. The second-order valence-electron chi connectivity index (χ2n) is 7.87. The highest BCUT2D eigenvalue weighted by Gasteiger charge is 2.23. The molecule has 7 nitrogen and oxygen atoms in total. The number of rotatable bonds is 7. The fourth-order valence-electron chi connectivity index (χ4n) is 3.57. The molecule has 1 fully saturated rings. The van der Waals surface area contributed by atoms with Crippen LogP contribution in [0.5, 0.6) is 5.75 Å². The Balaban J connectivity index is 1.59. The largest absolute Gasteiger partial charge is 0.491 e. The maximum Gasteiger partial charge on any atom is 0.246 e. The zero-order chi connectivity index (χ0) is 24.0. The van der Waals surface area contributed by atoms with E-state index in [9.17, 15) is 14.4 Å². The number of amides is 2. The van der Waals surface area contributed by atoms with Crippen LogP contribution in [-0.2, 0) is 14.3 Å². The van der Waals surface area contributed by atoms with Gasteiger partial charge in [-0.2, -0.15) is 0 Å². The molecule has 8 heteroatoms. The van der Waals surface area contributed by atoms with E-state index < -0.39 is 0 Å². The Morgan fingerprint density at radius 3 is 2.70 bits per heavy atom. The molecule has 1 aliphatic rings. The fourth-order valence-corrected chi connectivity index (χ4v) is 3.74. The van der Waals surface area contributed by atoms with E-state index in [1.54, 1.807) is 41.3 Å². The number of anilines is 1. The van der Waals surface area contributed by atoms with Crippen molar-refractivity contribution in [2.24, 2.45) is 0 Å². The van der Waals surface area contributed by atoms with Crippen molar-refractivity contribution in [2.75, 3.05) is 31.6 Å². The number of Topliss-reactive ketones (excluding diaryl/α,β-unsaturated/α-hetero) is 1. The van der Waals surface area contributed by atoms with Gasteiger partial charge in [0.2, 0.25) is 11.8 Å².